The summed E-state index contributed by atoms with van der Waals surface area (Å²) in [6, 6.07) is 5.46. The maximum absolute atomic E-state index is 13.4. The molecule has 1 atom stereocenters. The highest BCUT2D eigenvalue weighted by molar-refractivity contribution is 5.80. The van der Waals surface area contributed by atoms with Crippen molar-refractivity contribution >= 4 is 17.6 Å². The summed E-state index contributed by atoms with van der Waals surface area (Å²) in [6.45, 7) is 3.66. The lowest BCUT2D eigenvalue weighted by Crippen LogP contribution is -2.32. The molecule has 0 saturated heterocycles. The quantitative estimate of drug-likeness (QED) is 0.519. The van der Waals surface area contributed by atoms with E-state index in [1.165, 1.54) is 16.6 Å². The Labute approximate surface area is 171 Å². The topological polar surface area (TPSA) is 116 Å². The molecule has 30 heavy (non-hydrogen) atoms. The lowest BCUT2D eigenvalue weighted by molar-refractivity contribution is -0.121. The van der Waals surface area contributed by atoms with Crippen molar-refractivity contribution in [2.24, 2.45) is 7.05 Å². The van der Waals surface area contributed by atoms with Crippen molar-refractivity contribution in [1.29, 1.82) is 0 Å². The molecule has 0 aliphatic heterocycles. The maximum atomic E-state index is 13.4. The summed E-state index contributed by atoms with van der Waals surface area (Å²) in [5.41, 5.74) is 8.56. The average molecular weight is 408 g/mol. The van der Waals surface area contributed by atoms with Crippen LogP contribution in [-0.2, 0) is 18.3 Å². The van der Waals surface area contributed by atoms with Crippen LogP contribution < -0.4 is 11.1 Å². The highest BCUT2D eigenvalue weighted by Gasteiger charge is 2.22. The summed E-state index contributed by atoms with van der Waals surface area (Å²) in [5.74, 6) is 0.580. The van der Waals surface area contributed by atoms with Crippen molar-refractivity contribution in [1.82, 2.24) is 34.4 Å². The lowest BCUT2D eigenvalue weighted by Gasteiger charge is -2.20. The molecule has 4 aromatic rings. The van der Waals surface area contributed by atoms with Crippen LogP contribution in [0.4, 0.5) is 10.3 Å². The molecular formula is C20H21FN8O. The third-order valence-electron chi connectivity index (χ3n) is 5.03. The number of hydrogen-bond donors (Lipinski definition) is 2. The molecule has 0 spiro atoms. The molecule has 3 aromatic heterocycles. The van der Waals surface area contributed by atoms with E-state index in [-0.39, 0.29) is 24.1 Å². The molecule has 0 fully saturated rings. The van der Waals surface area contributed by atoms with Crippen LogP contribution in [0.5, 0.6) is 0 Å². The molecule has 0 bridgehead atoms. The number of amides is 1. The van der Waals surface area contributed by atoms with Gasteiger partial charge >= 0.3 is 0 Å². The summed E-state index contributed by atoms with van der Waals surface area (Å²) < 4.78 is 16.7. The molecule has 0 aliphatic rings. The van der Waals surface area contributed by atoms with E-state index in [4.69, 9.17) is 5.73 Å². The van der Waals surface area contributed by atoms with Gasteiger partial charge in [0.15, 0.2) is 0 Å². The summed E-state index contributed by atoms with van der Waals surface area (Å²) in [5, 5.41) is 7.14. The third-order valence-corrected chi connectivity index (χ3v) is 5.03. The number of imidazole rings is 1. The van der Waals surface area contributed by atoms with E-state index >= 15 is 0 Å². The Balaban J connectivity index is 1.64. The van der Waals surface area contributed by atoms with Crippen molar-refractivity contribution in [3.63, 3.8) is 0 Å². The molecule has 10 heteroatoms. The summed E-state index contributed by atoms with van der Waals surface area (Å²) in [7, 11) is 1.84. The Bertz CT molecular complexity index is 1230. The Hall–Kier alpha value is -3.82. The number of anilines is 1. The minimum absolute atomic E-state index is 0.0858. The maximum Gasteiger partial charge on any atom is 0.254 e. The molecule has 154 valence electrons. The van der Waals surface area contributed by atoms with Gasteiger partial charge in [0.2, 0.25) is 11.9 Å². The fourth-order valence-corrected chi connectivity index (χ4v) is 3.46. The lowest BCUT2D eigenvalue weighted by atomic mass is 10.0. The van der Waals surface area contributed by atoms with Crippen molar-refractivity contribution in [2.75, 3.05) is 5.73 Å². The number of nitrogens with zero attached hydrogens (tertiary/aromatic N) is 6. The number of halogens is 1. The van der Waals surface area contributed by atoms with Crippen LogP contribution in [-0.4, -0.2) is 35.0 Å². The van der Waals surface area contributed by atoms with Gasteiger partial charge < -0.3 is 15.6 Å². The number of hydrogen-bond acceptors (Lipinski definition) is 6. The number of nitrogen functional groups attached to an aromatic ring is 1. The molecule has 3 heterocycles. The Morgan fingerprint density at radius 1 is 1.23 bits per heavy atom. The van der Waals surface area contributed by atoms with E-state index in [1.54, 1.807) is 24.5 Å². The molecule has 3 N–H and O–H groups in total. The minimum Gasteiger partial charge on any atom is -0.366 e. The molecule has 0 radical (unpaired) electrons. The van der Waals surface area contributed by atoms with Gasteiger partial charge in [0.05, 0.1) is 6.42 Å². The van der Waals surface area contributed by atoms with E-state index in [2.05, 4.69) is 25.4 Å². The van der Waals surface area contributed by atoms with Gasteiger partial charge in [-0.1, -0.05) is 12.1 Å². The predicted molar refractivity (Wildman–Crippen MR) is 108 cm³/mol. The molecule has 1 aromatic carbocycles. The second-order valence-corrected chi connectivity index (χ2v) is 7.07. The van der Waals surface area contributed by atoms with E-state index in [0.717, 1.165) is 16.8 Å². The zero-order valence-electron chi connectivity index (χ0n) is 16.8. The number of fused-ring (bicyclic) bond motifs is 1. The van der Waals surface area contributed by atoms with E-state index in [0.29, 0.717) is 17.3 Å². The standard InChI is InChI=1S/C20H21FN8O/c1-11-15(12(2)29-20(24-11)26-19(22)27-29)10-16(30)25-17(18-23-8-9-28(18)3)13-4-6-14(21)7-5-13/h4-9,17H,10H2,1-3H3,(H2,22,27)(H,25,30)/t17-/m1/s1. The number of rotatable bonds is 5. The summed E-state index contributed by atoms with van der Waals surface area (Å²) in [4.78, 5) is 25.8. The zero-order valence-corrected chi connectivity index (χ0v) is 16.8. The van der Waals surface area contributed by atoms with Crippen LogP contribution in [0, 0.1) is 19.7 Å². The van der Waals surface area contributed by atoms with Gasteiger partial charge in [-0.05, 0) is 31.5 Å². The Kier molecular flexibility index (Phi) is 4.90. The number of nitrogens with one attached hydrogen (secondary N) is 1. The van der Waals surface area contributed by atoms with Gasteiger partial charge in [-0.25, -0.2) is 14.4 Å². The van der Waals surface area contributed by atoms with Crippen LogP contribution in [0.1, 0.15) is 34.4 Å². The first-order valence-corrected chi connectivity index (χ1v) is 9.34. The summed E-state index contributed by atoms with van der Waals surface area (Å²) >= 11 is 0. The number of carbonyl (C=O) groups is 1. The van der Waals surface area contributed by atoms with Crippen LogP contribution in [0.2, 0.25) is 0 Å². The fraction of sp³-hybridized carbons (Fsp3) is 0.250. The smallest absolute Gasteiger partial charge is 0.254 e. The number of carbonyl (C=O) groups excluding carboxylic acids is 1. The van der Waals surface area contributed by atoms with Crippen LogP contribution in [0.15, 0.2) is 36.7 Å². The Morgan fingerprint density at radius 2 is 1.97 bits per heavy atom. The third kappa shape index (κ3) is 3.59. The molecule has 0 saturated carbocycles. The molecule has 4 rings (SSSR count). The molecular weight excluding hydrogens is 387 g/mol. The van der Waals surface area contributed by atoms with Gasteiger partial charge in [-0.15, -0.1) is 5.10 Å². The SMILES string of the molecule is Cc1nc2nc(N)nn2c(C)c1CC(=O)N[C@H](c1ccc(F)cc1)c1nccn1C. The van der Waals surface area contributed by atoms with Crippen LogP contribution in [0.25, 0.3) is 5.78 Å². The van der Waals surface area contributed by atoms with E-state index in [9.17, 15) is 9.18 Å². The van der Waals surface area contributed by atoms with Crippen molar-refractivity contribution in [3.05, 3.63) is 70.8 Å². The number of aromatic nitrogens is 6. The van der Waals surface area contributed by atoms with Gasteiger partial charge in [0, 0.05) is 36.4 Å². The van der Waals surface area contributed by atoms with Gasteiger partial charge in [-0.3, -0.25) is 4.79 Å². The van der Waals surface area contributed by atoms with Gasteiger partial charge in [0.25, 0.3) is 5.78 Å². The molecule has 1 amide bonds. The largest absolute Gasteiger partial charge is 0.366 e. The zero-order chi connectivity index (χ0) is 21.4. The first kappa shape index (κ1) is 19.5. The van der Waals surface area contributed by atoms with Crippen LogP contribution >= 0.6 is 0 Å². The monoisotopic (exact) mass is 408 g/mol. The van der Waals surface area contributed by atoms with Crippen molar-refractivity contribution < 1.29 is 9.18 Å². The van der Waals surface area contributed by atoms with Gasteiger partial charge in [0.1, 0.15) is 17.7 Å². The molecule has 0 unspecified atom stereocenters. The second-order valence-electron chi connectivity index (χ2n) is 7.07. The predicted octanol–water partition coefficient (Wildman–Crippen LogP) is 1.64. The van der Waals surface area contributed by atoms with Gasteiger partial charge in [-0.2, -0.15) is 9.50 Å². The minimum atomic E-state index is -0.530. The van der Waals surface area contributed by atoms with Crippen LogP contribution in [0.3, 0.4) is 0 Å². The van der Waals surface area contributed by atoms with E-state index < -0.39 is 6.04 Å². The average Bonchev–Trinajstić information content (AvgIpc) is 3.29. The van der Waals surface area contributed by atoms with E-state index in [1.807, 2.05) is 25.5 Å². The first-order valence-electron chi connectivity index (χ1n) is 9.34. The fourth-order valence-electron chi connectivity index (χ4n) is 3.46. The highest BCUT2D eigenvalue weighted by Crippen LogP contribution is 2.22. The summed E-state index contributed by atoms with van der Waals surface area (Å²) in [6.07, 6.45) is 3.53. The molecule has 9 nitrogen and oxygen atoms in total. The Morgan fingerprint density at radius 3 is 2.63 bits per heavy atom. The van der Waals surface area contributed by atoms with Crippen molar-refractivity contribution in [2.45, 2.75) is 26.3 Å². The molecule has 0 aliphatic carbocycles. The number of benzene rings is 1. The normalized spacial score (nSPS) is 12.3. The highest BCUT2D eigenvalue weighted by atomic mass is 19.1. The van der Waals surface area contributed by atoms with Crippen molar-refractivity contribution in [3.8, 4) is 0 Å². The number of aryl methyl sites for hydroxylation is 3. The first-order chi connectivity index (χ1) is 14.3. The second kappa shape index (κ2) is 7.54. The number of nitrogens with two attached hydrogens (primary N) is 1.